The van der Waals surface area contributed by atoms with Gasteiger partial charge in [0.15, 0.2) is 10.1 Å². The quantitative estimate of drug-likeness (QED) is 0.371. The Morgan fingerprint density at radius 3 is 2.59 bits per heavy atom. The molecule has 3 aromatic rings. The summed E-state index contributed by atoms with van der Waals surface area (Å²) in [4.78, 5) is 27.6. The van der Waals surface area contributed by atoms with Crippen molar-refractivity contribution >= 4 is 45.6 Å². The number of hydrogen-bond acceptors (Lipinski definition) is 10. The lowest BCUT2D eigenvalue weighted by Crippen LogP contribution is -2.42. The molecule has 12 heteroatoms. The number of carbonyl (C=O) groups is 2. The van der Waals surface area contributed by atoms with Crippen molar-refractivity contribution in [2.24, 2.45) is 11.1 Å². The summed E-state index contributed by atoms with van der Waals surface area (Å²) in [5, 5.41) is 30.7. The number of nitrogens with one attached hydrogen (secondary N) is 1. The zero-order chi connectivity index (χ0) is 29.3. The van der Waals surface area contributed by atoms with Gasteiger partial charge in [-0.25, -0.2) is 4.39 Å². The Bertz CT molecular complexity index is 1700. The number of hydrogen-bond donors (Lipinski definition) is 2. The highest BCUT2D eigenvalue weighted by molar-refractivity contribution is 8.01. The van der Waals surface area contributed by atoms with Crippen LogP contribution in [0.5, 0.6) is 0 Å². The maximum atomic E-state index is 15.0. The van der Waals surface area contributed by atoms with Gasteiger partial charge in [0.25, 0.3) is 0 Å². The Kier molecular flexibility index (Phi) is 7.63. The van der Waals surface area contributed by atoms with E-state index in [-0.39, 0.29) is 40.8 Å². The average Bonchev–Trinajstić information content (AvgIpc) is 3.40. The van der Waals surface area contributed by atoms with Crippen LogP contribution in [0.2, 0.25) is 0 Å². The first kappa shape index (κ1) is 28.0. The van der Waals surface area contributed by atoms with Crippen LogP contribution >= 0.6 is 23.1 Å². The molecule has 206 valence electrons. The number of Topliss-reactive ketones (excluding diaryl/α,β-unsaturated/α-hetero) is 1. The van der Waals surface area contributed by atoms with Crippen LogP contribution in [-0.2, 0) is 9.59 Å². The third-order valence-electron chi connectivity index (χ3n) is 6.81. The molecule has 1 atom stereocenters. The van der Waals surface area contributed by atoms with Crippen molar-refractivity contribution in [2.45, 2.75) is 36.9 Å². The maximum Gasteiger partial charge on any atom is 0.234 e. The zero-order valence-electron chi connectivity index (χ0n) is 22.1. The lowest BCUT2D eigenvalue weighted by atomic mass is 9.68. The molecule has 1 amide bonds. The van der Waals surface area contributed by atoms with E-state index in [1.165, 1.54) is 29.2 Å². The summed E-state index contributed by atoms with van der Waals surface area (Å²) < 4.78 is 15.5. The van der Waals surface area contributed by atoms with Gasteiger partial charge in [0, 0.05) is 28.9 Å². The minimum Gasteiger partial charge on any atom is -0.384 e. The van der Waals surface area contributed by atoms with Gasteiger partial charge in [-0.05, 0) is 42.2 Å². The summed E-state index contributed by atoms with van der Waals surface area (Å²) in [6, 6.07) is 16.8. The van der Waals surface area contributed by atoms with Gasteiger partial charge in [0.05, 0.1) is 34.9 Å². The second-order valence-electron chi connectivity index (χ2n) is 10.4. The first-order chi connectivity index (χ1) is 19.6. The smallest absolute Gasteiger partial charge is 0.234 e. The Morgan fingerprint density at radius 2 is 1.90 bits per heavy atom. The second kappa shape index (κ2) is 11.2. The van der Waals surface area contributed by atoms with Crippen LogP contribution in [0.15, 0.2) is 75.5 Å². The highest BCUT2D eigenvalue weighted by Gasteiger charge is 2.46. The molecule has 1 aliphatic carbocycles. The van der Waals surface area contributed by atoms with E-state index < -0.39 is 17.2 Å². The number of benzene rings is 2. The minimum absolute atomic E-state index is 0.0538. The molecule has 2 aromatic carbocycles. The predicted molar refractivity (Wildman–Crippen MR) is 154 cm³/mol. The topological polar surface area (TPSA) is 149 Å². The minimum atomic E-state index is -0.927. The van der Waals surface area contributed by atoms with E-state index >= 15 is 4.39 Å². The van der Waals surface area contributed by atoms with E-state index in [4.69, 9.17) is 11.0 Å². The predicted octanol–water partition coefficient (Wildman–Crippen LogP) is 5.22. The Hall–Kier alpha value is -4.52. The third kappa shape index (κ3) is 5.57. The van der Waals surface area contributed by atoms with Crippen molar-refractivity contribution < 1.29 is 14.0 Å². The van der Waals surface area contributed by atoms with Crippen molar-refractivity contribution in [3.05, 3.63) is 88.1 Å². The molecule has 0 bridgehead atoms. The van der Waals surface area contributed by atoms with Crippen LogP contribution in [0, 0.1) is 33.9 Å². The molecule has 5 rings (SSSR count). The molecule has 41 heavy (non-hydrogen) atoms. The molecular formula is C29H24FN7O2S2. The summed E-state index contributed by atoms with van der Waals surface area (Å²) in [5.41, 5.74) is 8.44. The van der Waals surface area contributed by atoms with Gasteiger partial charge >= 0.3 is 0 Å². The first-order valence-corrected chi connectivity index (χ1v) is 14.4. The summed E-state index contributed by atoms with van der Waals surface area (Å²) in [6.45, 7) is 3.94. The van der Waals surface area contributed by atoms with E-state index in [2.05, 4.69) is 21.6 Å². The largest absolute Gasteiger partial charge is 0.384 e. The molecule has 3 N–H and O–H groups in total. The van der Waals surface area contributed by atoms with Gasteiger partial charge in [0.2, 0.25) is 11.0 Å². The van der Waals surface area contributed by atoms with E-state index in [1.807, 2.05) is 19.9 Å². The summed E-state index contributed by atoms with van der Waals surface area (Å²) in [7, 11) is 0. The van der Waals surface area contributed by atoms with Crippen molar-refractivity contribution in [3.63, 3.8) is 0 Å². The Balaban J connectivity index is 1.45. The van der Waals surface area contributed by atoms with E-state index in [0.29, 0.717) is 38.4 Å². The molecular weight excluding hydrogens is 561 g/mol. The molecule has 0 fully saturated rings. The fraction of sp³-hybridized carbons (Fsp3) is 0.241. The molecule has 2 aliphatic rings. The van der Waals surface area contributed by atoms with Crippen molar-refractivity contribution in [1.29, 1.82) is 10.5 Å². The van der Waals surface area contributed by atoms with Crippen LogP contribution in [0.1, 0.15) is 43.7 Å². The van der Waals surface area contributed by atoms with Gasteiger partial charge in [-0.2, -0.15) is 10.5 Å². The number of amides is 1. The Morgan fingerprint density at radius 1 is 1.17 bits per heavy atom. The van der Waals surface area contributed by atoms with Gasteiger partial charge in [-0.15, -0.1) is 10.2 Å². The van der Waals surface area contributed by atoms with Gasteiger partial charge in [-0.3, -0.25) is 14.5 Å². The molecule has 9 nitrogen and oxygen atoms in total. The number of ketones is 1. The number of thioether (sulfide) groups is 1. The molecule has 0 saturated heterocycles. The number of carbonyl (C=O) groups excluding carboxylic acids is 2. The molecule has 2 heterocycles. The molecule has 0 spiro atoms. The van der Waals surface area contributed by atoms with Crippen molar-refractivity contribution in [3.8, 4) is 12.1 Å². The van der Waals surface area contributed by atoms with Crippen molar-refractivity contribution in [2.75, 3.05) is 16.0 Å². The highest BCUT2D eigenvalue weighted by Crippen LogP contribution is 2.51. The van der Waals surface area contributed by atoms with Crippen LogP contribution in [-0.4, -0.2) is 27.6 Å². The molecule has 0 radical (unpaired) electrons. The fourth-order valence-corrected chi connectivity index (χ4v) is 6.73. The monoisotopic (exact) mass is 585 g/mol. The number of aromatic nitrogens is 2. The Labute approximate surface area is 244 Å². The number of allylic oxidation sites excluding steroid dienone is 3. The van der Waals surface area contributed by atoms with Crippen LogP contribution in [0.3, 0.4) is 0 Å². The highest BCUT2D eigenvalue weighted by atomic mass is 32.2. The molecule has 1 unspecified atom stereocenters. The number of rotatable bonds is 6. The lowest BCUT2D eigenvalue weighted by molar-refractivity contribution is -0.118. The summed E-state index contributed by atoms with van der Waals surface area (Å²) in [5.74, 6) is -1.77. The molecule has 1 aromatic heterocycles. The van der Waals surface area contributed by atoms with E-state index in [0.717, 1.165) is 0 Å². The third-order valence-corrected chi connectivity index (χ3v) is 8.85. The first-order valence-electron chi connectivity index (χ1n) is 12.6. The van der Waals surface area contributed by atoms with E-state index in [9.17, 15) is 14.9 Å². The van der Waals surface area contributed by atoms with E-state index in [1.54, 1.807) is 47.4 Å². The normalized spacial score (nSPS) is 18.0. The fourth-order valence-electron chi connectivity index (χ4n) is 5.05. The standard InChI is InChI=1S/C29H24FN7O2S2/c1-29(2)11-21-25(22(38)12-29)24(18-5-3-4-6-20(18)30)19(14-32)26(33)37(21)27-35-36-28(41-27)40-15-23(39)34-17-9-7-16(13-31)8-10-17/h3-10,24H,11-12,15,33H2,1-2H3,(H,34,39). The van der Waals surface area contributed by atoms with Crippen LogP contribution < -0.4 is 16.0 Å². The summed E-state index contributed by atoms with van der Waals surface area (Å²) in [6.07, 6.45) is 0.697. The number of nitrogens with zero attached hydrogens (tertiary/aromatic N) is 5. The maximum absolute atomic E-state index is 15.0. The van der Waals surface area contributed by atoms with Crippen LogP contribution in [0.25, 0.3) is 0 Å². The number of anilines is 2. The summed E-state index contributed by atoms with van der Waals surface area (Å²) >= 11 is 2.35. The second-order valence-corrected chi connectivity index (χ2v) is 12.6. The SMILES string of the molecule is CC1(C)CC(=O)C2=C(C1)N(c1nnc(SCC(=O)Nc3ccc(C#N)cc3)s1)C(N)=C(C#N)C2c1ccccc1F. The van der Waals surface area contributed by atoms with Crippen molar-refractivity contribution in [1.82, 2.24) is 10.2 Å². The van der Waals surface area contributed by atoms with Gasteiger partial charge in [0.1, 0.15) is 11.6 Å². The number of nitriles is 2. The van der Waals surface area contributed by atoms with Gasteiger partial charge in [-0.1, -0.05) is 55.1 Å². The average molecular weight is 586 g/mol. The van der Waals surface area contributed by atoms with Gasteiger partial charge < -0.3 is 11.1 Å². The number of halogens is 1. The lowest BCUT2D eigenvalue weighted by Gasteiger charge is -2.42. The molecule has 1 aliphatic heterocycles. The van der Waals surface area contributed by atoms with Crippen LogP contribution in [0.4, 0.5) is 15.2 Å². The number of nitrogens with two attached hydrogens (primary N) is 1. The molecule has 0 saturated carbocycles. The zero-order valence-corrected chi connectivity index (χ0v) is 23.8.